The molecule has 0 aromatic carbocycles. The molecule has 1 aliphatic heterocycles. The van der Waals surface area contributed by atoms with Crippen molar-refractivity contribution in [3.63, 3.8) is 0 Å². The zero-order chi connectivity index (χ0) is 13.8. The van der Waals surface area contributed by atoms with Gasteiger partial charge < -0.3 is 14.7 Å². The van der Waals surface area contributed by atoms with Gasteiger partial charge in [-0.3, -0.25) is 4.79 Å². The van der Waals surface area contributed by atoms with Crippen molar-refractivity contribution in [2.24, 2.45) is 11.8 Å². The van der Waals surface area contributed by atoms with Gasteiger partial charge in [-0.2, -0.15) is 0 Å². The summed E-state index contributed by atoms with van der Waals surface area (Å²) in [5.74, 6) is 0.904. The van der Waals surface area contributed by atoms with Crippen LogP contribution in [-0.4, -0.2) is 48.3 Å². The van der Waals surface area contributed by atoms with E-state index >= 15 is 0 Å². The zero-order valence-electron chi connectivity index (χ0n) is 12.2. The van der Waals surface area contributed by atoms with Crippen molar-refractivity contribution in [3.8, 4) is 0 Å². The summed E-state index contributed by atoms with van der Waals surface area (Å²) in [6.07, 6.45) is 5.95. The Morgan fingerprint density at radius 1 is 1.16 bits per heavy atom. The van der Waals surface area contributed by atoms with Crippen LogP contribution >= 0.6 is 0 Å². The van der Waals surface area contributed by atoms with Crippen LogP contribution < -0.4 is 0 Å². The van der Waals surface area contributed by atoms with Gasteiger partial charge in [0.15, 0.2) is 0 Å². The lowest BCUT2D eigenvalue weighted by Crippen LogP contribution is -2.44. The highest BCUT2D eigenvalue weighted by Gasteiger charge is 2.32. The molecule has 2 fully saturated rings. The van der Waals surface area contributed by atoms with E-state index in [2.05, 4.69) is 0 Å². The van der Waals surface area contributed by atoms with Crippen LogP contribution in [0, 0.1) is 11.8 Å². The molecule has 110 valence electrons. The summed E-state index contributed by atoms with van der Waals surface area (Å²) in [5, 5.41) is 9.59. The van der Waals surface area contributed by atoms with Crippen LogP contribution in [-0.2, 0) is 9.53 Å². The first-order valence-electron chi connectivity index (χ1n) is 7.61. The Morgan fingerprint density at radius 3 is 2.21 bits per heavy atom. The fourth-order valence-electron chi connectivity index (χ4n) is 3.41. The van der Waals surface area contributed by atoms with E-state index in [0.29, 0.717) is 17.9 Å². The lowest BCUT2D eigenvalue weighted by atomic mass is 9.85. The maximum Gasteiger partial charge on any atom is 0.225 e. The second kappa shape index (κ2) is 6.71. The number of aliphatic hydroxyl groups excluding tert-OH is 1. The van der Waals surface area contributed by atoms with E-state index in [0.717, 1.165) is 51.6 Å². The topological polar surface area (TPSA) is 49.8 Å². The first kappa shape index (κ1) is 14.8. The third-order valence-corrected chi connectivity index (χ3v) is 4.89. The largest absolute Gasteiger partial charge is 0.393 e. The number of rotatable bonds is 3. The molecule has 1 saturated heterocycles. The predicted molar refractivity (Wildman–Crippen MR) is 73.7 cm³/mol. The number of methoxy groups -OCH3 is 1. The molecule has 1 aliphatic carbocycles. The van der Waals surface area contributed by atoms with Gasteiger partial charge in [-0.25, -0.2) is 0 Å². The maximum absolute atomic E-state index is 12.4. The number of aliphatic hydroxyl groups is 1. The van der Waals surface area contributed by atoms with Crippen LogP contribution in [0.5, 0.6) is 0 Å². The van der Waals surface area contributed by atoms with Gasteiger partial charge in [-0.1, -0.05) is 0 Å². The Balaban J connectivity index is 1.78. The summed E-state index contributed by atoms with van der Waals surface area (Å²) in [7, 11) is 1.76. The molecule has 1 saturated carbocycles. The lowest BCUT2D eigenvalue weighted by molar-refractivity contribution is -0.139. The van der Waals surface area contributed by atoms with Crippen molar-refractivity contribution in [2.75, 3.05) is 20.2 Å². The number of ether oxygens (including phenoxy) is 1. The van der Waals surface area contributed by atoms with Crippen molar-refractivity contribution >= 4 is 5.91 Å². The summed E-state index contributed by atoms with van der Waals surface area (Å²) in [6.45, 7) is 3.49. The number of carbonyl (C=O) groups excluding carboxylic acids is 1. The Bertz CT molecular complexity index is 290. The van der Waals surface area contributed by atoms with E-state index < -0.39 is 0 Å². The molecule has 19 heavy (non-hydrogen) atoms. The van der Waals surface area contributed by atoms with Gasteiger partial charge >= 0.3 is 0 Å². The minimum Gasteiger partial charge on any atom is -0.393 e. The quantitative estimate of drug-likeness (QED) is 0.850. The van der Waals surface area contributed by atoms with E-state index in [4.69, 9.17) is 4.74 Å². The molecule has 0 aromatic rings. The van der Waals surface area contributed by atoms with Gasteiger partial charge in [0.2, 0.25) is 5.91 Å². The van der Waals surface area contributed by atoms with Crippen molar-refractivity contribution in [1.29, 1.82) is 0 Å². The molecule has 4 nitrogen and oxygen atoms in total. The van der Waals surface area contributed by atoms with Gasteiger partial charge in [0.25, 0.3) is 0 Å². The highest BCUT2D eigenvalue weighted by atomic mass is 16.5. The minimum atomic E-state index is -0.241. The van der Waals surface area contributed by atoms with Crippen LogP contribution in [0.1, 0.15) is 45.4 Å². The number of hydrogen-bond donors (Lipinski definition) is 1. The van der Waals surface area contributed by atoms with Crippen LogP contribution in [0.3, 0.4) is 0 Å². The highest BCUT2D eigenvalue weighted by molar-refractivity contribution is 5.79. The number of likely N-dealkylation sites (tertiary alicyclic amines) is 1. The van der Waals surface area contributed by atoms with E-state index in [1.807, 2.05) is 11.8 Å². The third-order valence-electron chi connectivity index (χ3n) is 4.89. The number of nitrogens with zero attached hydrogens (tertiary/aromatic N) is 1. The normalized spacial score (nSPS) is 31.2. The van der Waals surface area contributed by atoms with Crippen LogP contribution in [0.15, 0.2) is 0 Å². The molecule has 0 aromatic heterocycles. The molecule has 1 atom stereocenters. The molecule has 4 heteroatoms. The highest BCUT2D eigenvalue weighted by Crippen LogP contribution is 2.29. The Hall–Kier alpha value is -0.610. The Morgan fingerprint density at radius 2 is 1.74 bits per heavy atom. The maximum atomic E-state index is 12.4. The average molecular weight is 269 g/mol. The van der Waals surface area contributed by atoms with Crippen LogP contribution in [0.4, 0.5) is 0 Å². The fraction of sp³-hybridized carbons (Fsp3) is 0.933. The van der Waals surface area contributed by atoms with Gasteiger partial charge in [-0.15, -0.1) is 0 Å². The monoisotopic (exact) mass is 269 g/mol. The van der Waals surface area contributed by atoms with Crippen molar-refractivity contribution in [3.05, 3.63) is 0 Å². The lowest BCUT2D eigenvalue weighted by Gasteiger charge is -2.36. The molecule has 1 unspecified atom stereocenters. The van der Waals surface area contributed by atoms with Crippen molar-refractivity contribution < 1.29 is 14.6 Å². The molecule has 0 radical (unpaired) electrons. The smallest absolute Gasteiger partial charge is 0.225 e. The minimum absolute atomic E-state index is 0.203. The van der Waals surface area contributed by atoms with E-state index in [9.17, 15) is 9.90 Å². The SMILES string of the molecule is COC1CCC(C(=O)N2CCC(C(C)O)CC2)CC1. The summed E-state index contributed by atoms with van der Waals surface area (Å²) in [4.78, 5) is 14.5. The molecule has 1 heterocycles. The predicted octanol–water partition coefficient (Wildman–Crippen LogP) is 1.81. The summed E-state index contributed by atoms with van der Waals surface area (Å²) in [5.41, 5.74) is 0. The summed E-state index contributed by atoms with van der Waals surface area (Å²) < 4.78 is 5.35. The van der Waals surface area contributed by atoms with Gasteiger partial charge in [0.05, 0.1) is 12.2 Å². The molecular formula is C15H27NO3. The van der Waals surface area contributed by atoms with E-state index in [-0.39, 0.29) is 12.0 Å². The van der Waals surface area contributed by atoms with Gasteiger partial charge in [-0.05, 0) is 51.4 Å². The molecular weight excluding hydrogens is 242 g/mol. The summed E-state index contributed by atoms with van der Waals surface area (Å²) >= 11 is 0. The molecule has 1 N–H and O–H groups in total. The fourth-order valence-corrected chi connectivity index (χ4v) is 3.41. The second-order valence-corrected chi connectivity index (χ2v) is 6.11. The van der Waals surface area contributed by atoms with Crippen LogP contribution in [0.25, 0.3) is 0 Å². The second-order valence-electron chi connectivity index (χ2n) is 6.11. The molecule has 2 aliphatic rings. The number of carbonyl (C=O) groups is 1. The third kappa shape index (κ3) is 3.69. The number of amides is 1. The van der Waals surface area contributed by atoms with Crippen LogP contribution in [0.2, 0.25) is 0 Å². The van der Waals surface area contributed by atoms with E-state index in [1.54, 1.807) is 7.11 Å². The van der Waals surface area contributed by atoms with Crippen molar-refractivity contribution in [1.82, 2.24) is 4.90 Å². The first-order valence-corrected chi connectivity index (χ1v) is 7.61. The molecule has 0 bridgehead atoms. The van der Waals surface area contributed by atoms with Gasteiger partial charge in [0.1, 0.15) is 0 Å². The Kier molecular flexibility index (Phi) is 5.22. The van der Waals surface area contributed by atoms with E-state index in [1.165, 1.54) is 0 Å². The first-order chi connectivity index (χ1) is 9.11. The van der Waals surface area contributed by atoms with Gasteiger partial charge in [0, 0.05) is 26.1 Å². The number of hydrogen-bond acceptors (Lipinski definition) is 3. The standard InChI is InChI=1S/C15H27NO3/c1-11(17)12-7-9-16(10-8-12)15(18)13-3-5-14(19-2)6-4-13/h11-14,17H,3-10H2,1-2H3. The molecule has 1 amide bonds. The molecule has 0 spiro atoms. The zero-order valence-corrected chi connectivity index (χ0v) is 12.2. The average Bonchev–Trinajstić information content (AvgIpc) is 2.46. The molecule has 2 rings (SSSR count). The summed E-state index contributed by atoms with van der Waals surface area (Å²) in [6, 6.07) is 0. The number of piperidine rings is 1. The van der Waals surface area contributed by atoms with Crippen molar-refractivity contribution in [2.45, 2.75) is 57.7 Å². The Labute approximate surface area is 116 Å².